The Balaban J connectivity index is 2.22. The number of alkyl carbamates (subject to hydrolysis) is 1. The number of halogens is 2. The van der Waals surface area contributed by atoms with Gasteiger partial charge >= 0.3 is 6.09 Å². The Morgan fingerprint density at radius 1 is 1.40 bits per heavy atom. The van der Waals surface area contributed by atoms with E-state index in [4.69, 9.17) is 33.2 Å². The number of nitriles is 1. The van der Waals surface area contributed by atoms with E-state index in [9.17, 15) is 4.79 Å². The van der Waals surface area contributed by atoms with Crippen LogP contribution >= 0.6 is 23.2 Å². The number of benzene rings is 1. The van der Waals surface area contributed by atoms with Crippen molar-refractivity contribution in [2.45, 2.75) is 64.5 Å². The lowest BCUT2D eigenvalue weighted by molar-refractivity contribution is 0.0792. The van der Waals surface area contributed by atoms with Crippen molar-refractivity contribution in [3.05, 3.63) is 33.3 Å². The van der Waals surface area contributed by atoms with E-state index in [0.717, 1.165) is 36.8 Å². The van der Waals surface area contributed by atoms with Gasteiger partial charge in [-0.3, -0.25) is 0 Å². The number of hydrogen-bond donors (Lipinski definition) is 1. The third-order valence-corrected chi connectivity index (χ3v) is 4.75. The molecular formula is C19H24Cl2N2O2. The van der Waals surface area contributed by atoms with Gasteiger partial charge in [0.25, 0.3) is 0 Å². The lowest BCUT2D eigenvalue weighted by atomic mass is 9.99. The zero-order chi connectivity index (χ0) is 18.6. The Kier molecular flexibility index (Phi) is 6.59. The van der Waals surface area contributed by atoms with Crippen LogP contribution in [0.15, 0.2) is 12.1 Å². The highest BCUT2D eigenvalue weighted by molar-refractivity contribution is 6.42. The van der Waals surface area contributed by atoms with Gasteiger partial charge < -0.3 is 10.1 Å². The molecule has 0 aliphatic heterocycles. The number of hydrogen-bond acceptors (Lipinski definition) is 3. The Morgan fingerprint density at radius 2 is 2.08 bits per heavy atom. The molecule has 0 radical (unpaired) electrons. The van der Waals surface area contributed by atoms with Crippen LogP contribution in [0.25, 0.3) is 0 Å². The van der Waals surface area contributed by atoms with Gasteiger partial charge in [-0.15, -0.1) is 0 Å². The number of ether oxygens (including phenoxy) is 1. The predicted molar refractivity (Wildman–Crippen MR) is 99.8 cm³/mol. The number of nitrogens with one attached hydrogen (secondary N) is 1. The molecule has 0 heterocycles. The van der Waals surface area contributed by atoms with Crippen LogP contribution in [-0.2, 0) is 11.2 Å². The number of rotatable bonds is 6. The minimum absolute atomic E-state index is 0.272. The molecule has 1 N–H and O–H groups in total. The lowest BCUT2D eigenvalue weighted by Crippen LogP contribution is -2.41. The van der Waals surface area contributed by atoms with Gasteiger partial charge in [-0.05, 0) is 58.1 Å². The fourth-order valence-electron chi connectivity index (χ4n) is 2.66. The van der Waals surface area contributed by atoms with Crippen molar-refractivity contribution in [1.29, 1.82) is 5.26 Å². The molecule has 1 aromatic rings. The number of carbonyl (C=O) groups excluding carboxylic acids is 1. The highest BCUT2D eigenvalue weighted by Crippen LogP contribution is 2.46. The molecule has 1 fully saturated rings. The van der Waals surface area contributed by atoms with Crippen molar-refractivity contribution in [2.75, 3.05) is 0 Å². The van der Waals surface area contributed by atoms with Crippen molar-refractivity contribution >= 4 is 29.3 Å². The van der Waals surface area contributed by atoms with E-state index in [-0.39, 0.29) is 11.5 Å². The predicted octanol–water partition coefficient (Wildman–Crippen LogP) is 5.82. The minimum atomic E-state index is -0.452. The van der Waals surface area contributed by atoms with E-state index >= 15 is 0 Å². The smallest absolute Gasteiger partial charge is 0.408 e. The number of nitrogens with zero attached hydrogens (tertiary/aromatic N) is 1. The topological polar surface area (TPSA) is 62.1 Å². The Hall–Kier alpha value is -1.44. The molecule has 0 spiro atoms. The summed E-state index contributed by atoms with van der Waals surface area (Å²) in [5.74, 6) is 0.272. The molecule has 1 amide bonds. The van der Waals surface area contributed by atoms with Crippen LogP contribution in [0.4, 0.5) is 4.79 Å². The van der Waals surface area contributed by atoms with Crippen molar-refractivity contribution in [3.8, 4) is 6.07 Å². The van der Waals surface area contributed by atoms with Gasteiger partial charge in [-0.2, -0.15) is 5.26 Å². The van der Waals surface area contributed by atoms with Gasteiger partial charge in [0, 0.05) is 23.4 Å². The fourth-order valence-corrected chi connectivity index (χ4v) is 3.12. The van der Waals surface area contributed by atoms with Crippen LogP contribution in [0.5, 0.6) is 0 Å². The molecule has 2 rings (SSSR count). The third kappa shape index (κ3) is 6.09. The second-order valence-electron chi connectivity index (χ2n) is 7.53. The van der Waals surface area contributed by atoms with Crippen LogP contribution in [0.3, 0.4) is 0 Å². The summed E-state index contributed by atoms with van der Waals surface area (Å²) in [6.45, 7) is 5.71. The molecule has 1 atom stereocenters. The summed E-state index contributed by atoms with van der Waals surface area (Å²) in [7, 11) is 0. The Bertz CT molecular complexity index is 673. The maximum absolute atomic E-state index is 12.2. The largest absolute Gasteiger partial charge is 0.441 e. The summed E-state index contributed by atoms with van der Waals surface area (Å²) in [6.07, 6.45) is 3.14. The van der Waals surface area contributed by atoms with Gasteiger partial charge in [0.05, 0.1) is 16.1 Å². The van der Waals surface area contributed by atoms with E-state index in [1.165, 1.54) is 0 Å². The maximum atomic E-state index is 12.2. The molecule has 1 aromatic carbocycles. The first-order valence-electron chi connectivity index (χ1n) is 8.55. The quantitative estimate of drug-likeness (QED) is 0.630. The molecule has 0 saturated heterocycles. The van der Waals surface area contributed by atoms with Gasteiger partial charge in [0.2, 0.25) is 0 Å². The summed E-state index contributed by atoms with van der Waals surface area (Å²) in [5.41, 5.74) is 1.39. The normalized spacial score (nSPS) is 15.4. The fraction of sp³-hybridized carbons (Fsp3) is 0.579. The summed E-state index contributed by atoms with van der Waals surface area (Å²) in [5, 5.41) is 12.4. The van der Waals surface area contributed by atoms with Crippen LogP contribution in [0.1, 0.15) is 63.7 Å². The van der Waals surface area contributed by atoms with Crippen LogP contribution < -0.4 is 5.32 Å². The highest BCUT2D eigenvalue weighted by Gasteiger charge is 2.37. The van der Waals surface area contributed by atoms with E-state index in [1.807, 2.05) is 32.9 Å². The first-order valence-corrected chi connectivity index (χ1v) is 9.30. The summed E-state index contributed by atoms with van der Waals surface area (Å²) < 4.78 is 5.71. The van der Waals surface area contributed by atoms with E-state index in [1.54, 1.807) is 0 Å². The monoisotopic (exact) mass is 382 g/mol. The molecule has 6 heteroatoms. The van der Waals surface area contributed by atoms with E-state index in [2.05, 4.69) is 11.4 Å². The van der Waals surface area contributed by atoms with Crippen LogP contribution in [-0.4, -0.2) is 11.6 Å². The first-order chi connectivity index (χ1) is 11.7. The lowest BCUT2D eigenvalue weighted by Gasteiger charge is -2.25. The Labute approximate surface area is 159 Å². The molecule has 1 aliphatic rings. The average Bonchev–Trinajstić information content (AvgIpc) is 3.31. The number of aryl methyl sites for hydroxylation is 1. The number of carbonyl (C=O) groups is 1. The minimum Gasteiger partial charge on any atom is -0.441 e. The first kappa shape index (κ1) is 19.9. The van der Waals surface area contributed by atoms with Crippen molar-refractivity contribution < 1.29 is 9.53 Å². The molecule has 136 valence electrons. The van der Waals surface area contributed by atoms with Crippen molar-refractivity contribution in [3.63, 3.8) is 0 Å². The van der Waals surface area contributed by atoms with Gasteiger partial charge in [-0.25, -0.2) is 4.79 Å². The standard InChI is InChI=1S/C19H24Cl2N2O2/c1-19(2,3)23-18(24)25-17(13-7-8-13)14-10-12(6-4-5-9-22)11-15(20)16(14)21/h10-11,13,17H,4-8H2,1-3H3,(H,23,24). The molecule has 4 nitrogen and oxygen atoms in total. The number of unbranched alkanes of at least 4 members (excludes halogenated alkanes) is 1. The maximum Gasteiger partial charge on any atom is 0.408 e. The van der Waals surface area contributed by atoms with Gasteiger partial charge in [0.15, 0.2) is 0 Å². The Morgan fingerprint density at radius 3 is 2.64 bits per heavy atom. The number of amides is 1. The van der Waals surface area contributed by atoms with Crippen molar-refractivity contribution in [2.24, 2.45) is 5.92 Å². The SMILES string of the molecule is CC(C)(C)NC(=O)OC(c1cc(CCCC#N)cc(Cl)c1Cl)C1CC1. The third-order valence-electron chi connectivity index (χ3n) is 3.94. The molecule has 1 saturated carbocycles. The van der Waals surface area contributed by atoms with E-state index in [0.29, 0.717) is 16.5 Å². The van der Waals surface area contributed by atoms with Gasteiger partial charge in [0.1, 0.15) is 6.10 Å². The van der Waals surface area contributed by atoms with Crippen molar-refractivity contribution in [1.82, 2.24) is 5.32 Å². The van der Waals surface area contributed by atoms with Crippen LogP contribution in [0.2, 0.25) is 10.0 Å². The molecule has 0 aromatic heterocycles. The average molecular weight is 383 g/mol. The second kappa shape index (κ2) is 8.29. The summed E-state index contributed by atoms with van der Waals surface area (Å²) in [6, 6.07) is 5.92. The molecule has 1 aliphatic carbocycles. The highest BCUT2D eigenvalue weighted by atomic mass is 35.5. The van der Waals surface area contributed by atoms with E-state index < -0.39 is 12.2 Å². The molecule has 1 unspecified atom stereocenters. The zero-order valence-corrected chi connectivity index (χ0v) is 16.4. The van der Waals surface area contributed by atoms with Gasteiger partial charge in [-0.1, -0.05) is 29.3 Å². The summed E-state index contributed by atoms with van der Waals surface area (Å²) in [4.78, 5) is 12.2. The zero-order valence-electron chi connectivity index (χ0n) is 14.9. The van der Waals surface area contributed by atoms with Crippen LogP contribution in [0, 0.1) is 17.2 Å². The molecule has 0 bridgehead atoms. The summed E-state index contributed by atoms with van der Waals surface area (Å²) >= 11 is 12.7. The molecule has 25 heavy (non-hydrogen) atoms. The second-order valence-corrected chi connectivity index (χ2v) is 8.32. The molecular weight excluding hydrogens is 359 g/mol.